The number of allylic oxidation sites excluding steroid dienone is 2. The fraction of sp³-hybridized carbons (Fsp3) is 0.333. The molecule has 0 heterocycles. The third kappa shape index (κ3) is 25.1. The lowest BCUT2D eigenvalue weighted by Crippen LogP contribution is -1.90. The van der Waals surface area contributed by atoms with Crippen molar-refractivity contribution in [3.8, 4) is 0 Å². The first-order chi connectivity index (χ1) is 6.04. The number of rotatable bonds is 4. The van der Waals surface area contributed by atoms with E-state index in [1.54, 1.807) is 13.0 Å². The molecule has 4 nitrogen and oxygen atoms in total. The van der Waals surface area contributed by atoms with Crippen molar-refractivity contribution in [1.29, 1.82) is 0 Å². The molecule has 0 spiro atoms. The van der Waals surface area contributed by atoms with E-state index in [2.05, 4.69) is 6.58 Å². The van der Waals surface area contributed by atoms with Crippen molar-refractivity contribution >= 4 is 11.9 Å². The highest BCUT2D eigenvalue weighted by atomic mass is 16.4. The molecule has 0 aromatic rings. The lowest BCUT2D eigenvalue weighted by molar-refractivity contribution is -0.137. The monoisotopic (exact) mass is 186 g/mol. The minimum Gasteiger partial charge on any atom is -0.481 e. The molecule has 0 rings (SSSR count). The van der Waals surface area contributed by atoms with Crippen molar-refractivity contribution in [3.63, 3.8) is 0 Å². The zero-order chi connectivity index (χ0) is 10.7. The number of carboxylic acids is 2. The molecular weight excluding hydrogens is 172 g/mol. The fourth-order valence-corrected chi connectivity index (χ4v) is 0.368. The van der Waals surface area contributed by atoms with E-state index in [9.17, 15) is 9.59 Å². The van der Waals surface area contributed by atoms with Gasteiger partial charge in [-0.25, -0.2) is 4.79 Å². The van der Waals surface area contributed by atoms with Crippen LogP contribution in [-0.4, -0.2) is 22.2 Å². The van der Waals surface area contributed by atoms with Crippen LogP contribution in [0.25, 0.3) is 0 Å². The first-order valence-corrected chi connectivity index (χ1v) is 3.72. The summed E-state index contributed by atoms with van der Waals surface area (Å²) in [5.41, 5.74) is 0. The number of aliphatic carboxylic acids is 2. The smallest absolute Gasteiger partial charge is 0.327 e. The first kappa shape index (κ1) is 14.0. The van der Waals surface area contributed by atoms with E-state index in [0.29, 0.717) is 6.42 Å². The molecule has 0 saturated carbocycles. The van der Waals surface area contributed by atoms with E-state index >= 15 is 0 Å². The van der Waals surface area contributed by atoms with Gasteiger partial charge in [-0.05, 0) is 13.3 Å². The van der Waals surface area contributed by atoms with Gasteiger partial charge in [0.2, 0.25) is 0 Å². The summed E-state index contributed by atoms with van der Waals surface area (Å²) < 4.78 is 0. The molecule has 0 saturated heterocycles. The van der Waals surface area contributed by atoms with Gasteiger partial charge in [-0.15, -0.1) is 6.58 Å². The molecule has 0 aliphatic carbocycles. The Labute approximate surface area is 77.2 Å². The molecule has 0 amide bonds. The van der Waals surface area contributed by atoms with E-state index in [0.717, 1.165) is 6.08 Å². The Hall–Kier alpha value is -1.58. The predicted octanol–water partition coefficient (Wildman–Crippen LogP) is 1.68. The molecule has 0 unspecified atom stereocenters. The average Bonchev–Trinajstić information content (AvgIpc) is 2.01. The van der Waals surface area contributed by atoms with Crippen molar-refractivity contribution in [1.82, 2.24) is 0 Å². The maximum Gasteiger partial charge on any atom is 0.327 e. The van der Waals surface area contributed by atoms with E-state index in [1.807, 2.05) is 0 Å². The van der Waals surface area contributed by atoms with Crippen LogP contribution in [0.2, 0.25) is 0 Å². The van der Waals surface area contributed by atoms with Gasteiger partial charge in [0.05, 0.1) is 0 Å². The molecular formula is C9H14O4. The molecule has 0 atom stereocenters. The highest BCUT2D eigenvalue weighted by Gasteiger charge is 1.89. The SMILES string of the molecule is C=CCCC(=O)O.CC=CC(=O)O. The lowest BCUT2D eigenvalue weighted by Gasteiger charge is -1.82. The zero-order valence-corrected chi connectivity index (χ0v) is 7.56. The Bertz CT molecular complexity index is 194. The maximum atomic E-state index is 9.71. The van der Waals surface area contributed by atoms with Crippen LogP contribution in [0.5, 0.6) is 0 Å². The van der Waals surface area contributed by atoms with E-state index < -0.39 is 11.9 Å². The van der Waals surface area contributed by atoms with Gasteiger partial charge in [0.25, 0.3) is 0 Å². The van der Waals surface area contributed by atoms with E-state index in [4.69, 9.17) is 10.2 Å². The van der Waals surface area contributed by atoms with Crippen LogP contribution in [0.1, 0.15) is 19.8 Å². The summed E-state index contributed by atoms with van der Waals surface area (Å²) in [6, 6.07) is 0. The Kier molecular flexibility index (Phi) is 11.2. The van der Waals surface area contributed by atoms with E-state index in [-0.39, 0.29) is 6.42 Å². The number of carboxylic acid groups (broad SMARTS) is 2. The second-order valence-corrected chi connectivity index (χ2v) is 2.06. The molecule has 0 aromatic carbocycles. The van der Waals surface area contributed by atoms with Crippen LogP contribution in [0.15, 0.2) is 24.8 Å². The summed E-state index contributed by atoms with van der Waals surface area (Å²) in [6.07, 6.45) is 4.91. The summed E-state index contributed by atoms with van der Waals surface area (Å²) in [5.74, 6) is -1.66. The average molecular weight is 186 g/mol. The minimum absolute atomic E-state index is 0.198. The normalized spacial score (nSPS) is 8.69. The van der Waals surface area contributed by atoms with Gasteiger partial charge in [0.15, 0.2) is 0 Å². The highest BCUT2D eigenvalue weighted by molar-refractivity contribution is 5.79. The summed E-state index contributed by atoms with van der Waals surface area (Å²) in [7, 11) is 0. The molecule has 0 aliphatic heterocycles. The van der Waals surface area contributed by atoms with Gasteiger partial charge >= 0.3 is 11.9 Å². The van der Waals surface area contributed by atoms with Crippen LogP contribution >= 0.6 is 0 Å². The van der Waals surface area contributed by atoms with Crippen molar-refractivity contribution in [2.24, 2.45) is 0 Å². The molecule has 13 heavy (non-hydrogen) atoms. The van der Waals surface area contributed by atoms with Gasteiger partial charge in [-0.2, -0.15) is 0 Å². The second kappa shape index (κ2) is 10.4. The van der Waals surface area contributed by atoms with Crippen LogP contribution in [0.4, 0.5) is 0 Å². The van der Waals surface area contributed by atoms with Crippen LogP contribution in [-0.2, 0) is 9.59 Å². The van der Waals surface area contributed by atoms with Crippen LogP contribution < -0.4 is 0 Å². The molecule has 4 heteroatoms. The lowest BCUT2D eigenvalue weighted by atomic mass is 10.3. The van der Waals surface area contributed by atoms with Gasteiger partial charge < -0.3 is 10.2 Å². The quantitative estimate of drug-likeness (QED) is 0.517. The molecule has 0 bridgehead atoms. The molecule has 0 aliphatic rings. The van der Waals surface area contributed by atoms with Gasteiger partial charge in [0, 0.05) is 12.5 Å². The minimum atomic E-state index is -0.891. The van der Waals surface area contributed by atoms with E-state index in [1.165, 1.54) is 6.08 Å². The van der Waals surface area contributed by atoms with Crippen molar-refractivity contribution in [3.05, 3.63) is 24.8 Å². The Morgan fingerprint density at radius 2 is 1.92 bits per heavy atom. The van der Waals surface area contributed by atoms with Crippen molar-refractivity contribution in [2.45, 2.75) is 19.8 Å². The second-order valence-electron chi connectivity index (χ2n) is 2.06. The van der Waals surface area contributed by atoms with Gasteiger partial charge in [0.1, 0.15) is 0 Å². The molecule has 0 radical (unpaired) electrons. The van der Waals surface area contributed by atoms with Crippen LogP contribution in [0.3, 0.4) is 0 Å². The molecule has 74 valence electrons. The third-order valence-corrected chi connectivity index (χ3v) is 0.872. The highest BCUT2D eigenvalue weighted by Crippen LogP contribution is 1.86. The predicted molar refractivity (Wildman–Crippen MR) is 49.5 cm³/mol. The Morgan fingerprint density at radius 3 is 2.00 bits per heavy atom. The molecule has 2 N–H and O–H groups in total. The van der Waals surface area contributed by atoms with Crippen LogP contribution in [0, 0.1) is 0 Å². The molecule has 0 fully saturated rings. The number of hydrogen-bond acceptors (Lipinski definition) is 2. The van der Waals surface area contributed by atoms with Crippen molar-refractivity contribution < 1.29 is 19.8 Å². The van der Waals surface area contributed by atoms with Crippen molar-refractivity contribution in [2.75, 3.05) is 0 Å². The summed E-state index contributed by atoms with van der Waals surface area (Å²) in [4.78, 5) is 19.2. The van der Waals surface area contributed by atoms with Gasteiger partial charge in [-0.1, -0.05) is 12.2 Å². The topological polar surface area (TPSA) is 74.6 Å². The fourth-order valence-electron chi connectivity index (χ4n) is 0.368. The van der Waals surface area contributed by atoms with Gasteiger partial charge in [-0.3, -0.25) is 4.79 Å². The summed E-state index contributed by atoms with van der Waals surface area (Å²) in [6.45, 7) is 5.03. The largest absolute Gasteiger partial charge is 0.481 e. The summed E-state index contributed by atoms with van der Waals surface area (Å²) in [5, 5.41) is 15.8. The maximum absolute atomic E-state index is 9.71. The Balaban J connectivity index is 0. The Morgan fingerprint density at radius 1 is 1.38 bits per heavy atom. The number of hydrogen-bond donors (Lipinski definition) is 2. The third-order valence-electron chi connectivity index (χ3n) is 0.872. The number of carbonyl (C=O) groups is 2. The standard InChI is InChI=1S/C5H8O2.C4H6O2/c1-2-3-4-5(6)7;1-2-3-4(5)6/h2H,1,3-4H2,(H,6,7);2-3H,1H3,(H,5,6). The molecule has 0 aromatic heterocycles. The summed E-state index contributed by atoms with van der Waals surface area (Å²) >= 11 is 0. The first-order valence-electron chi connectivity index (χ1n) is 3.72. The zero-order valence-electron chi connectivity index (χ0n) is 7.56.